The average molecular weight is 306 g/mol. The first-order valence-electron chi connectivity index (χ1n) is 8.95. The van der Waals surface area contributed by atoms with Gasteiger partial charge in [0.1, 0.15) is 0 Å². The number of benzene rings is 2. The number of piperidine rings is 1. The van der Waals surface area contributed by atoms with Gasteiger partial charge in [-0.25, -0.2) is 0 Å². The smallest absolute Gasteiger partial charge is 0.0239 e. The molecular formula is C21H26N2. The van der Waals surface area contributed by atoms with Crippen LogP contribution in [-0.2, 0) is 13.1 Å². The molecule has 0 aliphatic carbocycles. The zero-order valence-corrected chi connectivity index (χ0v) is 13.7. The van der Waals surface area contributed by atoms with Crippen molar-refractivity contribution >= 4 is 0 Å². The van der Waals surface area contributed by atoms with Crippen LogP contribution < -0.4 is 5.32 Å². The number of hydrogen-bond acceptors (Lipinski definition) is 2. The largest absolute Gasteiger partial charge is 0.310 e. The lowest BCUT2D eigenvalue weighted by Gasteiger charge is -2.39. The van der Waals surface area contributed by atoms with E-state index in [2.05, 4.69) is 70.9 Å². The van der Waals surface area contributed by atoms with Crippen molar-refractivity contribution in [1.29, 1.82) is 0 Å². The molecule has 120 valence electrons. The fourth-order valence-electron chi connectivity index (χ4n) is 4.35. The Morgan fingerprint density at radius 1 is 0.783 bits per heavy atom. The van der Waals surface area contributed by atoms with Crippen molar-refractivity contribution in [2.45, 2.75) is 56.9 Å². The molecule has 0 amide bonds. The molecule has 4 rings (SSSR count). The second kappa shape index (κ2) is 6.86. The van der Waals surface area contributed by atoms with Gasteiger partial charge in [-0.05, 0) is 36.8 Å². The van der Waals surface area contributed by atoms with Gasteiger partial charge in [0.2, 0.25) is 0 Å². The molecular weight excluding hydrogens is 280 g/mol. The zero-order valence-electron chi connectivity index (χ0n) is 13.7. The van der Waals surface area contributed by atoms with Crippen LogP contribution in [0, 0.1) is 0 Å². The molecule has 2 nitrogen and oxygen atoms in total. The molecule has 2 heteroatoms. The van der Waals surface area contributed by atoms with E-state index in [-0.39, 0.29) is 0 Å². The fourth-order valence-corrected chi connectivity index (χ4v) is 4.35. The lowest BCUT2D eigenvalue weighted by molar-refractivity contribution is 0.109. The highest BCUT2D eigenvalue weighted by molar-refractivity contribution is 5.16. The lowest BCUT2D eigenvalue weighted by atomic mass is 9.96. The van der Waals surface area contributed by atoms with Crippen molar-refractivity contribution in [2.24, 2.45) is 0 Å². The third kappa shape index (κ3) is 3.49. The monoisotopic (exact) mass is 306 g/mol. The minimum absolute atomic E-state index is 0.680. The summed E-state index contributed by atoms with van der Waals surface area (Å²) >= 11 is 0. The van der Waals surface area contributed by atoms with Gasteiger partial charge in [-0.15, -0.1) is 0 Å². The molecule has 2 fully saturated rings. The summed E-state index contributed by atoms with van der Waals surface area (Å²) in [5.41, 5.74) is 2.85. The molecule has 2 heterocycles. The van der Waals surface area contributed by atoms with E-state index in [0.29, 0.717) is 6.04 Å². The van der Waals surface area contributed by atoms with Crippen LogP contribution in [0.15, 0.2) is 60.7 Å². The van der Waals surface area contributed by atoms with Crippen molar-refractivity contribution in [1.82, 2.24) is 10.2 Å². The summed E-state index contributed by atoms with van der Waals surface area (Å²) < 4.78 is 0. The first kappa shape index (κ1) is 14.9. The van der Waals surface area contributed by atoms with Crippen LogP contribution in [-0.4, -0.2) is 23.0 Å². The highest BCUT2D eigenvalue weighted by Crippen LogP contribution is 2.36. The third-order valence-corrected chi connectivity index (χ3v) is 5.53. The Morgan fingerprint density at radius 2 is 1.35 bits per heavy atom. The van der Waals surface area contributed by atoms with E-state index >= 15 is 0 Å². The summed E-state index contributed by atoms with van der Waals surface area (Å²) in [7, 11) is 0. The van der Waals surface area contributed by atoms with E-state index in [1.165, 1.54) is 36.8 Å². The molecule has 23 heavy (non-hydrogen) atoms. The third-order valence-electron chi connectivity index (χ3n) is 5.53. The predicted octanol–water partition coefficient (Wildman–Crippen LogP) is 3.97. The molecule has 2 aromatic rings. The Bertz CT molecular complexity index is 596. The van der Waals surface area contributed by atoms with Crippen LogP contribution in [0.25, 0.3) is 0 Å². The Balaban J connectivity index is 1.34. The number of rotatable bonds is 5. The molecule has 2 saturated heterocycles. The molecule has 2 bridgehead atoms. The van der Waals surface area contributed by atoms with Crippen LogP contribution in [0.1, 0.15) is 36.8 Å². The molecule has 2 aliphatic rings. The maximum absolute atomic E-state index is 3.80. The van der Waals surface area contributed by atoms with Crippen molar-refractivity contribution in [3.8, 4) is 0 Å². The highest BCUT2D eigenvalue weighted by atomic mass is 15.2. The van der Waals surface area contributed by atoms with Gasteiger partial charge in [-0.2, -0.15) is 0 Å². The Labute approximate surface area is 139 Å². The first-order chi connectivity index (χ1) is 11.4. The fraction of sp³-hybridized carbons (Fsp3) is 0.429. The van der Waals surface area contributed by atoms with Gasteiger partial charge in [0.05, 0.1) is 0 Å². The second-order valence-corrected chi connectivity index (χ2v) is 7.08. The van der Waals surface area contributed by atoms with Crippen LogP contribution in [0.3, 0.4) is 0 Å². The van der Waals surface area contributed by atoms with Gasteiger partial charge < -0.3 is 5.32 Å². The van der Waals surface area contributed by atoms with E-state index in [4.69, 9.17) is 0 Å². The molecule has 1 N–H and O–H groups in total. The topological polar surface area (TPSA) is 15.3 Å². The maximum atomic E-state index is 3.80. The SMILES string of the molecule is c1ccc(CN[C@H]2C[C@H]3CC[C@@H](C2)N3Cc2ccccc2)cc1. The number of nitrogens with zero attached hydrogens (tertiary/aromatic N) is 1. The Hall–Kier alpha value is -1.64. The summed E-state index contributed by atoms with van der Waals surface area (Å²) in [6, 6.07) is 23.9. The lowest BCUT2D eigenvalue weighted by Crippen LogP contribution is -2.48. The molecule has 2 aliphatic heterocycles. The first-order valence-corrected chi connectivity index (χ1v) is 8.95. The van der Waals surface area contributed by atoms with Crippen molar-refractivity contribution in [3.05, 3.63) is 71.8 Å². The van der Waals surface area contributed by atoms with E-state index < -0.39 is 0 Å². The molecule has 0 aromatic heterocycles. The van der Waals surface area contributed by atoms with Crippen LogP contribution in [0.2, 0.25) is 0 Å². The molecule has 0 radical (unpaired) electrons. The second-order valence-electron chi connectivity index (χ2n) is 7.08. The predicted molar refractivity (Wildman–Crippen MR) is 95.1 cm³/mol. The summed E-state index contributed by atoms with van der Waals surface area (Å²) in [5, 5.41) is 3.80. The quantitative estimate of drug-likeness (QED) is 0.899. The molecule has 0 saturated carbocycles. The summed E-state index contributed by atoms with van der Waals surface area (Å²) in [4.78, 5) is 2.76. The minimum atomic E-state index is 0.680. The van der Waals surface area contributed by atoms with Gasteiger partial charge in [0.25, 0.3) is 0 Å². The van der Waals surface area contributed by atoms with E-state index in [9.17, 15) is 0 Å². The summed E-state index contributed by atoms with van der Waals surface area (Å²) in [6.45, 7) is 2.13. The van der Waals surface area contributed by atoms with E-state index in [0.717, 1.165) is 25.2 Å². The normalized spacial score (nSPS) is 27.2. The number of nitrogens with one attached hydrogen (secondary N) is 1. The average Bonchev–Trinajstić information content (AvgIpc) is 2.83. The summed E-state index contributed by atoms with van der Waals surface area (Å²) in [6.07, 6.45) is 5.36. The van der Waals surface area contributed by atoms with E-state index in [1.807, 2.05) is 0 Å². The molecule has 0 unspecified atom stereocenters. The van der Waals surface area contributed by atoms with Gasteiger partial charge in [-0.3, -0.25) is 4.90 Å². The standard InChI is InChI=1S/C21H26N2/c1-3-7-17(8-4-1)15-22-19-13-20-11-12-21(14-19)23(20)16-18-9-5-2-6-10-18/h1-10,19-22H,11-16H2/t19-,20+,21-. The van der Waals surface area contributed by atoms with Crippen LogP contribution >= 0.6 is 0 Å². The van der Waals surface area contributed by atoms with Gasteiger partial charge in [-0.1, -0.05) is 60.7 Å². The van der Waals surface area contributed by atoms with Crippen molar-refractivity contribution in [3.63, 3.8) is 0 Å². The summed E-state index contributed by atoms with van der Waals surface area (Å²) in [5.74, 6) is 0. The van der Waals surface area contributed by atoms with Crippen LogP contribution in [0.5, 0.6) is 0 Å². The molecule has 2 aromatic carbocycles. The Kier molecular flexibility index (Phi) is 4.45. The maximum Gasteiger partial charge on any atom is 0.0239 e. The van der Waals surface area contributed by atoms with Gasteiger partial charge in [0.15, 0.2) is 0 Å². The highest BCUT2D eigenvalue weighted by Gasteiger charge is 2.40. The Morgan fingerprint density at radius 3 is 1.96 bits per heavy atom. The minimum Gasteiger partial charge on any atom is -0.310 e. The number of fused-ring (bicyclic) bond motifs is 2. The van der Waals surface area contributed by atoms with Crippen molar-refractivity contribution < 1.29 is 0 Å². The number of hydrogen-bond donors (Lipinski definition) is 1. The molecule has 3 atom stereocenters. The van der Waals surface area contributed by atoms with Crippen molar-refractivity contribution in [2.75, 3.05) is 0 Å². The molecule has 0 spiro atoms. The van der Waals surface area contributed by atoms with Crippen LogP contribution in [0.4, 0.5) is 0 Å². The zero-order chi connectivity index (χ0) is 15.5. The van der Waals surface area contributed by atoms with E-state index in [1.54, 1.807) is 0 Å². The van der Waals surface area contributed by atoms with Gasteiger partial charge in [0, 0.05) is 31.2 Å². The van der Waals surface area contributed by atoms with Gasteiger partial charge >= 0.3 is 0 Å².